The zero-order valence-electron chi connectivity index (χ0n) is 14.1. The topological polar surface area (TPSA) is 37.4 Å². The van der Waals surface area contributed by atoms with Crippen molar-refractivity contribution in [1.82, 2.24) is 0 Å². The van der Waals surface area contributed by atoms with Gasteiger partial charge in [0, 0.05) is 0 Å². The van der Waals surface area contributed by atoms with Crippen molar-refractivity contribution < 1.29 is 9.59 Å². The zero-order valence-corrected chi connectivity index (χ0v) is 14.1. The van der Waals surface area contributed by atoms with Gasteiger partial charge in [-0.3, -0.25) is 9.59 Å². The van der Waals surface area contributed by atoms with Crippen LogP contribution in [0.4, 0.5) is 5.69 Å². The van der Waals surface area contributed by atoms with Gasteiger partial charge in [0.1, 0.15) is 0 Å². The van der Waals surface area contributed by atoms with Crippen molar-refractivity contribution in [2.45, 2.75) is 45.4 Å². The lowest BCUT2D eigenvalue weighted by atomic mass is 10.1. The number of imide groups is 1. The molecule has 0 unspecified atom stereocenters. The third-order valence-electron chi connectivity index (χ3n) is 4.56. The van der Waals surface area contributed by atoms with Crippen LogP contribution in [0, 0.1) is 0 Å². The summed E-state index contributed by atoms with van der Waals surface area (Å²) in [6, 6.07) is 14.8. The van der Waals surface area contributed by atoms with Crippen molar-refractivity contribution in [1.29, 1.82) is 0 Å². The molecule has 0 saturated heterocycles. The van der Waals surface area contributed by atoms with Gasteiger partial charge in [-0.15, -0.1) is 0 Å². The molecule has 3 rings (SSSR count). The second-order valence-corrected chi connectivity index (χ2v) is 6.32. The Morgan fingerprint density at radius 1 is 0.750 bits per heavy atom. The number of nitrogens with zero attached hydrogens (tertiary/aromatic N) is 1. The summed E-state index contributed by atoms with van der Waals surface area (Å²) < 4.78 is 0. The molecule has 0 bridgehead atoms. The van der Waals surface area contributed by atoms with E-state index in [0.29, 0.717) is 16.8 Å². The van der Waals surface area contributed by atoms with Crippen LogP contribution in [-0.2, 0) is 6.42 Å². The molecule has 2 aromatic rings. The molecule has 0 fully saturated rings. The fourth-order valence-electron chi connectivity index (χ4n) is 3.17. The smallest absolute Gasteiger partial charge is 0.266 e. The Morgan fingerprint density at radius 3 is 1.92 bits per heavy atom. The molecule has 2 aromatic carbocycles. The number of amides is 2. The number of anilines is 1. The predicted molar refractivity (Wildman–Crippen MR) is 96.5 cm³/mol. The molecule has 0 radical (unpaired) electrons. The van der Waals surface area contributed by atoms with E-state index in [2.05, 4.69) is 6.92 Å². The molecule has 2 amide bonds. The number of carbonyl (C=O) groups excluding carboxylic acids is 2. The maximum Gasteiger partial charge on any atom is 0.266 e. The Labute approximate surface area is 143 Å². The van der Waals surface area contributed by atoms with Gasteiger partial charge in [-0.25, -0.2) is 4.90 Å². The van der Waals surface area contributed by atoms with Crippen LogP contribution in [0.3, 0.4) is 0 Å². The minimum absolute atomic E-state index is 0.233. The molecule has 124 valence electrons. The first kappa shape index (κ1) is 16.4. The summed E-state index contributed by atoms with van der Waals surface area (Å²) in [5, 5.41) is 0. The first-order chi connectivity index (χ1) is 11.7. The Hall–Kier alpha value is -2.42. The molecule has 3 heteroatoms. The van der Waals surface area contributed by atoms with E-state index in [1.807, 2.05) is 24.3 Å². The van der Waals surface area contributed by atoms with E-state index >= 15 is 0 Å². The van der Waals surface area contributed by atoms with Gasteiger partial charge in [0.25, 0.3) is 11.8 Å². The lowest BCUT2D eigenvalue weighted by molar-refractivity contribution is 0.0926. The van der Waals surface area contributed by atoms with Gasteiger partial charge in [-0.2, -0.15) is 0 Å². The standard InChI is InChI=1S/C21H23NO2/c1-2-3-4-5-6-9-16-12-14-17(15-13-16)22-20(23)18-10-7-8-11-19(18)21(22)24/h7-8,10-15H,2-6,9H2,1H3. The second kappa shape index (κ2) is 7.43. The summed E-state index contributed by atoms with van der Waals surface area (Å²) in [7, 11) is 0. The van der Waals surface area contributed by atoms with Gasteiger partial charge in [0.2, 0.25) is 0 Å². The van der Waals surface area contributed by atoms with Crippen LogP contribution in [0.5, 0.6) is 0 Å². The lowest BCUT2D eigenvalue weighted by Gasteiger charge is -2.14. The van der Waals surface area contributed by atoms with Crippen LogP contribution < -0.4 is 4.90 Å². The summed E-state index contributed by atoms with van der Waals surface area (Å²) in [4.78, 5) is 26.2. The number of rotatable bonds is 7. The molecule has 0 aliphatic carbocycles. The number of benzene rings is 2. The SMILES string of the molecule is CCCCCCCc1ccc(N2C(=O)c3ccccc3C2=O)cc1. The number of hydrogen-bond donors (Lipinski definition) is 0. The molecule has 24 heavy (non-hydrogen) atoms. The third-order valence-corrected chi connectivity index (χ3v) is 4.56. The zero-order chi connectivity index (χ0) is 16.9. The maximum absolute atomic E-state index is 12.5. The lowest BCUT2D eigenvalue weighted by Crippen LogP contribution is -2.29. The number of hydrogen-bond acceptors (Lipinski definition) is 2. The quantitative estimate of drug-likeness (QED) is 0.531. The van der Waals surface area contributed by atoms with Crippen LogP contribution >= 0.6 is 0 Å². The van der Waals surface area contributed by atoms with Crippen molar-refractivity contribution in [3.63, 3.8) is 0 Å². The first-order valence-electron chi connectivity index (χ1n) is 8.79. The number of unbranched alkanes of at least 4 members (excludes halogenated alkanes) is 4. The van der Waals surface area contributed by atoms with E-state index in [-0.39, 0.29) is 11.8 Å². The van der Waals surface area contributed by atoms with Gasteiger partial charge in [0.05, 0.1) is 16.8 Å². The number of aryl methyl sites for hydroxylation is 1. The van der Waals surface area contributed by atoms with Crippen LogP contribution in [0.25, 0.3) is 0 Å². The first-order valence-corrected chi connectivity index (χ1v) is 8.79. The molecule has 1 aliphatic heterocycles. The van der Waals surface area contributed by atoms with Gasteiger partial charge in [0.15, 0.2) is 0 Å². The molecule has 0 atom stereocenters. The highest BCUT2D eigenvalue weighted by Gasteiger charge is 2.36. The van der Waals surface area contributed by atoms with Crippen molar-refractivity contribution in [2.24, 2.45) is 0 Å². The summed E-state index contributed by atoms with van der Waals surface area (Å²) in [5.74, 6) is -0.467. The molecular formula is C21H23NO2. The van der Waals surface area contributed by atoms with E-state index in [9.17, 15) is 9.59 Å². The summed E-state index contributed by atoms with van der Waals surface area (Å²) in [6.45, 7) is 2.22. The highest BCUT2D eigenvalue weighted by molar-refractivity contribution is 6.34. The molecule has 1 aliphatic rings. The second-order valence-electron chi connectivity index (χ2n) is 6.32. The van der Waals surface area contributed by atoms with Gasteiger partial charge >= 0.3 is 0 Å². The fourth-order valence-corrected chi connectivity index (χ4v) is 3.17. The molecule has 0 aromatic heterocycles. The highest BCUT2D eigenvalue weighted by Crippen LogP contribution is 2.28. The largest absolute Gasteiger partial charge is 0.268 e. The van der Waals surface area contributed by atoms with Gasteiger partial charge < -0.3 is 0 Å². The molecule has 0 N–H and O–H groups in total. The fraction of sp³-hybridized carbons (Fsp3) is 0.333. The van der Waals surface area contributed by atoms with E-state index in [1.54, 1.807) is 24.3 Å². The molecular weight excluding hydrogens is 298 g/mol. The summed E-state index contributed by atoms with van der Waals surface area (Å²) in [5.41, 5.74) is 2.88. The van der Waals surface area contributed by atoms with Crippen LogP contribution in [-0.4, -0.2) is 11.8 Å². The van der Waals surface area contributed by atoms with E-state index in [4.69, 9.17) is 0 Å². The Bertz CT molecular complexity index is 699. The Morgan fingerprint density at radius 2 is 1.33 bits per heavy atom. The van der Waals surface area contributed by atoms with Crippen molar-refractivity contribution in [3.05, 3.63) is 65.2 Å². The highest BCUT2D eigenvalue weighted by atomic mass is 16.2. The van der Waals surface area contributed by atoms with Crippen molar-refractivity contribution >= 4 is 17.5 Å². The number of fused-ring (bicyclic) bond motifs is 1. The number of carbonyl (C=O) groups is 2. The molecule has 3 nitrogen and oxygen atoms in total. The van der Waals surface area contributed by atoms with Crippen LogP contribution in [0.1, 0.15) is 65.3 Å². The van der Waals surface area contributed by atoms with Crippen LogP contribution in [0.15, 0.2) is 48.5 Å². The monoisotopic (exact) mass is 321 g/mol. The Balaban J connectivity index is 1.66. The van der Waals surface area contributed by atoms with Gasteiger partial charge in [-0.1, -0.05) is 56.9 Å². The maximum atomic E-state index is 12.5. The summed E-state index contributed by atoms with van der Waals surface area (Å²) >= 11 is 0. The molecule has 0 saturated carbocycles. The third kappa shape index (κ3) is 3.25. The average molecular weight is 321 g/mol. The molecule has 1 heterocycles. The normalized spacial score (nSPS) is 13.5. The van der Waals surface area contributed by atoms with Gasteiger partial charge in [-0.05, 0) is 42.7 Å². The van der Waals surface area contributed by atoms with Crippen LogP contribution in [0.2, 0.25) is 0 Å². The van der Waals surface area contributed by atoms with E-state index in [0.717, 1.165) is 6.42 Å². The minimum atomic E-state index is -0.233. The average Bonchev–Trinajstić information content (AvgIpc) is 2.87. The Kier molecular flexibility index (Phi) is 5.09. The van der Waals surface area contributed by atoms with E-state index < -0.39 is 0 Å². The summed E-state index contributed by atoms with van der Waals surface area (Å²) in [6.07, 6.45) is 7.35. The minimum Gasteiger partial charge on any atom is -0.268 e. The van der Waals surface area contributed by atoms with E-state index in [1.165, 1.54) is 42.6 Å². The molecule has 0 spiro atoms. The predicted octanol–water partition coefficient (Wildman–Crippen LogP) is 5.00. The van der Waals surface area contributed by atoms with Crippen molar-refractivity contribution in [2.75, 3.05) is 4.90 Å². The van der Waals surface area contributed by atoms with Crippen molar-refractivity contribution in [3.8, 4) is 0 Å².